The van der Waals surface area contributed by atoms with Crippen LogP contribution in [0.4, 0.5) is 5.69 Å². The second kappa shape index (κ2) is 4.59. The molecule has 0 aliphatic rings. The van der Waals surface area contributed by atoms with Crippen molar-refractivity contribution in [2.45, 2.75) is 13.8 Å². The van der Waals surface area contributed by atoms with E-state index in [1.165, 1.54) is 6.07 Å². The van der Waals surface area contributed by atoms with Gasteiger partial charge in [-0.2, -0.15) is 0 Å². The van der Waals surface area contributed by atoms with E-state index in [1.54, 1.807) is 32.0 Å². The van der Waals surface area contributed by atoms with Gasteiger partial charge >= 0.3 is 5.97 Å². The number of para-hydroxylation sites is 1. The number of carbonyl (C=O) groups excluding carboxylic acids is 1. The molecule has 0 radical (unpaired) electrons. The van der Waals surface area contributed by atoms with Crippen molar-refractivity contribution in [2.24, 2.45) is 5.92 Å². The van der Waals surface area contributed by atoms with E-state index in [0.29, 0.717) is 5.69 Å². The molecule has 0 spiro atoms. The zero-order valence-corrected chi connectivity index (χ0v) is 8.65. The predicted octanol–water partition coefficient (Wildman–Crippen LogP) is 1.98. The Kier molecular flexibility index (Phi) is 3.44. The molecule has 0 aliphatic heterocycles. The molecular weight excluding hydrogens is 194 g/mol. The average Bonchev–Trinajstić information content (AvgIpc) is 2.18. The van der Waals surface area contributed by atoms with E-state index in [4.69, 9.17) is 5.11 Å². The van der Waals surface area contributed by atoms with Crippen molar-refractivity contribution in [2.75, 3.05) is 5.32 Å². The second-order valence-corrected chi connectivity index (χ2v) is 3.49. The molecular formula is C11H13NO3. The van der Waals surface area contributed by atoms with Gasteiger partial charge in [0.25, 0.3) is 0 Å². The lowest BCUT2D eigenvalue weighted by Crippen LogP contribution is -2.19. The number of hydrogen-bond donors (Lipinski definition) is 2. The number of rotatable bonds is 3. The predicted molar refractivity (Wildman–Crippen MR) is 56.9 cm³/mol. The van der Waals surface area contributed by atoms with Crippen LogP contribution in [0.15, 0.2) is 24.3 Å². The van der Waals surface area contributed by atoms with Gasteiger partial charge < -0.3 is 10.4 Å². The topological polar surface area (TPSA) is 66.4 Å². The second-order valence-electron chi connectivity index (χ2n) is 3.49. The Bertz CT molecular complexity index is 385. The number of benzene rings is 1. The van der Waals surface area contributed by atoms with Crippen LogP contribution in [0.1, 0.15) is 24.2 Å². The van der Waals surface area contributed by atoms with Crippen molar-refractivity contribution >= 4 is 17.6 Å². The van der Waals surface area contributed by atoms with E-state index >= 15 is 0 Å². The third-order valence-electron chi connectivity index (χ3n) is 1.94. The van der Waals surface area contributed by atoms with Crippen molar-refractivity contribution in [3.63, 3.8) is 0 Å². The Morgan fingerprint density at radius 3 is 2.40 bits per heavy atom. The first kappa shape index (κ1) is 11.2. The molecule has 4 nitrogen and oxygen atoms in total. The van der Waals surface area contributed by atoms with E-state index in [2.05, 4.69) is 5.32 Å². The molecule has 1 amide bonds. The first-order valence-corrected chi connectivity index (χ1v) is 4.65. The van der Waals surface area contributed by atoms with E-state index in [1.807, 2.05) is 0 Å². The van der Waals surface area contributed by atoms with Gasteiger partial charge in [0.05, 0.1) is 11.3 Å². The Hall–Kier alpha value is -1.84. The largest absolute Gasteiger partial charge is 0.478 e. The minimum atomic E-state index is -1.05. The number of hydrogen-bond acceptors (Lipinski definition) is 2. The molecule has 0 fully saturated rings. The standard InChI is InChI=1S/C11H13NO3/c1-7(2)10(13)12-9-6-4-3-5-8(9)11(14)15/h3-7H,1-2H3,(H,12,13)(H,14,15). The summed E-state index contributed by atoms with van der Waals surface area (Å²) in [6.45, 7) is 3.50. The first-order chi connectivity index (χ1) is 7.02. The minimum Gasteiger partial charge on any atom is -0.478 e. The van der Waals surface area contributed by atoms with Gasteiger partial charge in [-0.3, -0.25) is 4.79 Å². The SMILES string of the molecule is CC(C)C(=O)Nc1ccccc1C(=O)O. The first-order valence-electron chi connectivity index (χ1n) is 4.65. The zero-order valence-electron chi connectivity index (χ0n) is 8.65. The number of amides is 1. The number of carbonyl (C=O) groups is 2. The summed E-state index contributed by atoms with van der Waals surface area (Å²) >= 11 is 0. The summed E-state index contributed by atoms with van der Waals surface area (Å²) < 4.78 is 0. The highest BCUT2D eigenvalue weighted by atomic mass is 16.4. The lowest BCUT2D eigenvalue weighted by molar-refractivity contribution is -0.118. The van der Waals surface area contributed by atoms with Crippen LogP contribution in [0.2, 0.25) is 0 Å². The molecule has 2 N–H and O–H groups in total. The third-order valence-corrected chi connectivity index (χ3v) is 1.94. The number of aromatic carboxylic acids is 1. The monoisotopic (exact) mass is 207 g/mol. The van der Waals surface area contributed by atoms with Crippen molar-refractivity contribution in [1.29, 1.82) is 0 Å². The van der Waals surface area contributed by atoms with Crippen LogP contribution in [0.25, 0.3) is 0 Å². The molecule has 80 valence electrons. The molecule has 15 heavy (non-hydrogen) atoms. The highest BCUT2D eigenvalue weighted by Gasteiger charge is 2.13. The lowest BCUT2D eigenvalue weighted by Gasteiger charge is -2.09. The van der Waals surface area contributed by atoms with Crippen LogP contribution in [-0.4, -0.2) is 17.0 Å². The quantitative estimate of drug-likeness (QED) is 0.796. The summed E-state index contributed by atoms with van der Waals surface area (Å²) in [4.78, 5) is 22.2. The zero-order chi connectivity index (χ0) is 11.4. The van der Waals surface area contributed by atoms with Crippen LogP contribution in [0, 0.1) is 5.92 Å². The van der Waals surface area contributed by atoms with Gasteiger partial charge in [0.1, 0.15) is 0 Å². The van der Waals surface area contributed by atoms with Gasteiger partial charge in [0.15, 0.2) is 0 Å². The van der Waals surface area contributed by atoms with Gasteiger partial charge in [-0.15, -0.1) is 0 Å². The molecule has 0 saturated carbocycles. The summed E-state index contributed by atoms with van der Waals surface area (Å²) in [5.41, 5.74) is 0.440. The highest BCUT2D eigenvalue weighted by Crippen LogP contribution is 2.15. The van der Waals surface area contributed by atoms with Gasteiger partial charge in [-0.1, -0.05) is 26.0 Å². The van der Waals surface area contributed by atoms with Crippen molar-refractivity contribution in [1.82, 2.24) is 0 Å². The molecule has 0 atom stereocenters. The van der Waals surface area contributed by atoms with Crippen molar-refractivity contribution in [3.05, 3.63) is 29.8 Å². The van der Waals surface area contributed by atoms with Crippen molar-refractivity contribution in [3.8, 4) is 0 Å². The van der Waals surface area contributed by atoms with Gasteiger partial charge in [-0.25, -0.2) is 4.79 Å². The number of carboxylic acids is 1. The van der Waals surface area contributed by atoms with E-state index in [9.17, 15) is 9.59 Å². The Morgan fingerprint density at radius 2 is 1.87 bits per heavy atom. The number of carboxylic acid groups (broad SMARTS) is 1. The Labute approximate surface area is 87.9 Å². The van der Waals surface area contributed by atoms with E-state index < -0.39 is 5.97 Å². The smallest absolute Gasteiger partial charge is 0.337 e. The molecule has 0 aliphatic carbocycles. The molecule has 1 rings (SSSR count). The minimum absolute atomic E-state index is 0.103. The Morgan fingerprint density at radius 1 is 1.27 bits per heavy atom. The number of anilines is 1. The maximum Gasteiger partial charge on any atom is 0.337 e. The summed E-state index contributed by atoms with van der Waals surface area (Å²) in [6, 6.07) is 6.33. The van der Waals surface area contributed by atoms with E-state index in [0.717, 1.165) is 0 Å². The molecule has 0 heterocycles. The van der Waals surface area contributed by atoms with Crippen LogP contribution in [0.3, 0.4) is 0 Å². The average molecular weight is 207 g/mol. The normalized spacial score (nSPS) is 10.1. The molecule has 1 aromatic carbocycles. The molecule has 0 unspecified atom stereocenters. The fraction of sp³-hybridized carbons (Fsp3) is 0.273. The summed E-state index contributed by atoms with van der Waals surface area (Å²) in [5.74, 6) is -1.41. The maximum atomic E-state index is 11.4. The summed E-state index contributed by atoms with van der Waals surface area (Å²) in [6.07, 6.45) is 0. The van der Waals surface area contributed by atoms with E-state index in [-0.39, 0.29) is 17.4 Å². The fourth-order valence-corrected chi connectivity index (χ4v) is 1.06. The molecule has 0 aromatic heterocycles. The maximum absolute atomic E-state index is 11.4. The highest BCUT2D eigenvalue weighted by molar-refractivity contribution is 6.00. The number of nitrogens with one attached hydrogen (secondary N) is 1. The third kappa shape index (κ3) is 2.80. The van der Waals surface area contributed by atoms with Gasteiger partial charge in [0, 0.05) is 5.92 Å². The fourth-order valence-electron chi connectivity index (χ4n) is 1.06. The lowest BCUT2D eigenvalue weighted by atomic mass is 10.1. The summed E-state index contributed by atoms with van der Waals surface area (Å²) in [5, 5.41) is 11.4. The molecule has 0 bridgehead atoms. The molecule has 4 heteroatoms. The molecule has 1 aromatic rings. The Balaban J connectivity index is 2.94. The van der Waals surface area contributed by atoms with Gasteiger partial charge in [-0.05, 0) is 12.1 Å². The van der Waals surface area contributed by atoms with Crippen LogP contribution in [-0.2, 0) is 4.79 Å². The van der Waals surface area contributed by atoms with Gasteiger partial charge in [0.2, 0.25) is 5.91 Å². The molecule has 0 saturated heterocycles. The van der Waals surface area contributed by atoms with Crippen molar-refractivity contribution < 1.29 is 14.7 Å². The van der Waals surface area contributed by atoms with Crippen LogP contribution < -0.4 is 5.32 Å². The van der Waals surface area contributed by atoms with Crippen LogP contribution >= 0.6 is 0 Å². The summed E-state index contributed by atoms with van der Waals surface area (Å²) in [7, 11) is 0. The van der Waals surface area contributed by atoms with Crippen LogP contribution in [0.5, 0.6) is 0 Å².